The summed E-state index contributed by atoms with van der Waals surface area (Å²) in [5.41, 5.74) is 6.64. The number of thioether (sulfide) groups is 1. The van der Waals surface area contributed by atoms with Crippen LogP contribution in [0.25, 0.3) is 0 Å². The van der Waals surface area contributed by atoms with Crippen LogP contribution < -0.4 is 0 Å². The standard InChI is InChI=1S/C22H23NS/c1-16-4-6-19(7-5-16)22(20-8-10-23-11-9-20)15-24-21-13-17(2)12-18(3)14-21/h4-14,22H,15H2,1-3H3. The number of benzene rings is 2. The van der Waals surface area contributed by atoms with E-state index in [1.54, 1.807) is 0 Å². The van der Waals surface area contributed by atoms with Gasteiger partial charge in [0.2, 0.25) is 0 Å². The van der Waals surface area contributed by atoms with Crippen LogP contribution in [-0.2, 0) is 0 Å². The van der Waals surface area contributed by atoms with Crippen LogP contribution in [0, 0.1) is 20.8 Å². The van der Waals surface area contributed by atoms with Gasteiger partial charge in [-0.25, -0.2) is 0 Å². The number of hydrogen-bond donors (Lipinski definition) is 0. The van der Waals surface area contributed by atoms with Crippen LogP contribution in [0.2, 0.25) is 0 Å². The largest absolute Gasteiger partial charge is 0.265 e. The molecule has 0 spiro atoms. The number of rotatable bonds is 5. The topological polar surface area (TPSA) is 12.9 Å². The van der Waals surface area contributed by atoms with E-state index in [1.165, 1.54) is 32.7 Å². The zero-order valence-corrected chi connectivity index (χ0v) is 15.3. The second-order valence-electron chi connectivity index (χ2n) is 6.38. The van der Waals surface area contributed by atoms with Gasteiger partial charge in [-0.2, -0.15) is 0 Å². The van der Waals surface area contributed by atoms with E-state index in [-0.39, 0.29) is 0 Å². The van der Waals surface area contributed by atoms with Crippen molar-refractivity contribution in [3.05, 3.63) is 94.8 Å². The molecule has 0 amide bonds. The van der Waals surface area contributed by atoms with E-state index in [4.69, 9.17) is 0 Å². The second-order valence-corrected chi connectivity index (χ2v) is 7.47. The molecule has 0 N–H and O–H groups in total. The van der Waals surface area contributed by atoms with Gasteiger partial charge in [-0.05, 0) is 67.3 Å². The molecule has 0 saturated carbocycles. The van der Waals surface area contributed by atoms with E-state index in [2.05, 4.69) is 80.4 Å². The van der Waals surface area contributed by atoms with Crippen molar-refractivity contribution in [3.8, 4) is 0 Å². The van der Waals surface area contributed by atoms with E-state index in [0.29, 0.717) is 5.92 Å². The highest BCUT2D eigenvalue weighted by molar-refractivity contribution is 7.99. The zero-order valence-electron chi connectivity index (χ0n) is 14.5. The second kappa shape index (κ2) is 7.67. The first-order valence-electron chi connectivity index (χ1n) is 8.29. The average molecular weight is 334 g/mol. The Hall–Kier alpha value is -2.06. The molecular formula is C22H23NS. The lowest BCUT2D eigenvalue weighted by Gasteiger charge is -2.18. The van der Waals surface area contributed by atoms with Gasteiger partial charge < -0.3 is 0 Å². The van der Waals surface area contributed by atoms with E-state index in [0.717, 1.165) is 5.75 Å². The van der Waals surface area contributed by atoms with Gasteiger partial charge in [0.25, 0.3) is 0 Å². The molecule has 0 aliphatic carbocycles. The zero-order chi connectivity index (χ0) is 16.9. The molecule has 0 saturated heterocycles. The summed E-state index contributed by atoms with van der Waals surface area (Å²) in [5, 5.41) is 0. The van der Waals surface area contributed by atoms with Crippen LogP contribution in [-0.4, -0.2) is 10.7 Å². The smallest absolute Gasteiger partial charge is 0.0270 e. The van der Waals surface area contributed by atoms with Gasteiger partial charge in [-0.3, -0.25) is 4.98 Å². The van der Waals surface area contributed by atoms with Crippen LogP contribution in [0.4, 0.5) is 0 Å². The van der Waals surface area contributed by atoms with Crippen molar-refractivity contribution in [2.24, 2.45) is 0 Å². The van der Waals surface area contributed by atoms with Crippen LogP contribution in [0.3, 0.4) is 0 Å². The molecule has 1 nitrogen and oxygen atoms in total. The van der Waals surface area contributed by atoms with Crippen molar-refractivity contribution in [2.45, 2.75) is 31.6 Å². The van der Waals surface area contributed by atoms with Crippen LogP contribution >= 0.6 is 11.8 Å². The summed E-state index contributed by atoms with van der Waals surface area (Å²) in [5.74, 6) is 1.40. The summed E-state index contributed by atoms with van der Waals surface area (Å²) in [6.45, 7) is 6.46. The third-order valence-corrected chi connectivity index (χ3v) is 5.27. The number of hydrogen-bond acceptors (Lipinski definition) is 2. The summed E-state index contributed by atoms with van der Waals surface area (Å²) in [6, 6.07) is 19.9. The minimum absolute atomic E-state index is 0.374. The van der Waals surface area contributed by atoms with Crippen molar-refractivity contribution in [1.82, 2.24) is 4.98 Å². The quantitative estimate of drug-likeness (QED) is 0.537. The first-order valence-corrected chi connectivity index (χ1v) is 9.28. The van der Waals surface area contributed by atoms with Crippen molar-refractivity contribution < 1.29 is 0 Å². The van der Waals surface area contributed by atoms with Crippen LogP contribution in [0.5, 0.6) is 0 Å². The molecule has 3 rings (SSSR count). The minimum Gasteiger partial charge on any atom is -0.265 e. The first-order chi connectivity index (χ1) is 11.6. The maximum absolute atomic E-state index is 4.17. The number of aromatic nitrogens is 1. The third kappa shape index (κ3) is 4.27. The molecule has 0 bridgehead atoms. The first kappa shape index (κ1) is 16.8. The number of aryl methyl sites for hydroxylation is 3. The highest BCUT2D eigenvalue weighted by Crippen LogP contribution is 2.32. The maximum atomic E-state index is 4.17. The van der Waals surface area contributed by atoms with Gasteiger partial charge >= 0.3 is 0 Å². The Balaban J connectivity index is 1.86. The van der Waals surface area contributed by atoms with E-state index >= 15 is 0 Å². The Bertz CT molecular complexity index is 774. The molecule has 2 aromatic carbocycles. The van der Waals surface area contributed by atoms with Gasteiger partial charge in [-0.1, -0.05) is 35.9 Å². The summed E-state index contributed by atoms with van der Waals surface area (Å²) in [6.07, 6.45) is 3.77. The summed E-state index contributed by atoms with van der Waals surface area (Å²) in [7, 11) is 0. The average Bonchev–Trinajstić information content (AvgIpc) is 2.57. The highest BCUT2D eigenvalue weighted by Gasteiger charge is 2.15. The fraction of sp³-hybridized carbons (Fsp3) is 0.227. The normalized spacial score (nSPS) is 12.1. The van der Waals surface area contributed by atoms with Crippen LogP contribution in [0.1, 0.15) is 33.7 Å². The molecule has 0 radical (unpaired) electrons. The predicted molar refractivity (Wildman–Crippen MR) is 104 cm³/mol. The SMILES string of the molecule is Cc1ccc(C(CSc2cc(C)cc(C)c2)c2ccncc2)cc1. The van der Waals surface area contributed by atoms with Gasteiger partial charge in [0.1, 0.15) is 0 Å². The van der Waals surface area contributed by atoms with E-state index < -0.39 is 0 Å². The van der Waals surface area contributed by atoms with Gasteiger partial charge in [0.05, 0.1) is 0 Å². The molecule has 1 heterocycles. The molecule has 0 aliphatic rings. The Morgan fingerprint density at radius 3 is 1.96 bits per heavy atom. The van der Waals surface area contributed by atoms with Crippen molar-refractivity contribution in [1.29, 1.82) is 0 Å². The molecule has 24 heavy (non-hydrogen) atoms. The van der Waals surface area contributed by atoms with Crippen molar-refractivity contribution in [3.63, 3.8) is 0 Å². The highest BCUT2D eigenvalue weighted by atomic mass is 32.2. The van der Waals surface area contributed by atoms with Crippen molar-refractivity contribution in [2.75, 3.05) is 5.75 Å². The lowest BCUT2D eigenvalue weighted by molar-refractivity contribution is 0.929. The molecule has 1 unspecified atom stereocenters. The van der Waals surface area contributed by atoms with Gasteiger partial charge in [0.15, 0.2) is 0 Å². The minimum atomic E-state index is 0.374. The monoisotopic (exact) mass is 333 g/mol. The fourth-order valence-electron chi connectivity index (χ4n) is 2.98. The Labute approximate surface area is 149 Å². The molecule has 1 atom stereocenters. The molecule has 2 heteroatoms. The summed E-state index contributed by atoms with van der Waals surface area (Å²) >= 11 is 1.93. The molecule has 0 fully saturated rings. The molecule has 3 aromatic rings. The number of pyridine rings is 1. The van der Waals surface area contributed by atoms with Gasteiger partial charge in [-0.15, -0.1) is 11.8 Å². The molecular weight excluding hydrogens is 310 g/mol. The van der Waals surface area contributed by atoms with Crippen LogP contribution in [0.15, 0.2) is 71.9 Å². The lowest BCUT2D eigenvalue weighted by Crippen LogP contribution is -2.04. The summed E-state index contributed by atoms with van der Waals surface area (Å²) < 4.78 is 0. The lowest BCUT2D eigenvalue weighted by atomic mass is 9.93. The van der Waals surface area contributed by atoms with Gasteiger partial charge in [0, 0.05) is 29.0 Å². The molecule has 0 aliphatic heterocycles. The van der Waals surface area contributed by atoms with E-state index in [1.807, 2.05) is 24.2 Å². The molecule has 122 valence electrons. The number of nitrogens with zero attached hydrogens (tertiary/aromatic N) is 1. The summed E-state index contributed by atoms with van der Waals surface area (Å²) in [4.78, 5) is 5.52. The fourth-order valence-corrected chi connectivity index (χ4v) is 4.26. The van der Waals surface area contributed by atoms with E-state index in [9.17, 15) is 0 Å². The maximum Gasteiger partial charge on any atom is 0.0270 e. The third-order valence-electron chi connectivity index (χ3n) is 4.20. The predicted octanol–water partition coefficient (Wildman–Crippen LogP) is 5.93. The Morgan fingerprint density at radius 2 is 1.33 bits per heavy atom. The Kier molecular flexibility index (Phi) is 5.37. The molecule has 1 aromatic heterocycles. The van der Waals surface area contributed by atoms with Crippen molar-refractivity contribution >= 4 is 11.8 Å². The Morgan fingerprint density at radius 1 is 0.750 bits per heavy atom.